The minimum Gasteiger partial charge on any atom is -0.304 e. The van der Waals surface area contributed by atoms with Crippen LogP contribution in [-0.2, 0) is 13.0 Å². The van der Waals surface area contributed by atoms with Crippen molar-refractivity contribution in [1.82, 2.24) is 14.8 Å². The van der Waals surface area contributed by atoms with Gasteiger partial charge in [-0.25, -0.2) is 0 Å². The van der Waals surface area contributed by atoms with Crippen molar-refractivity contribution in [2.24, 2.45) is 5.92 Å². The summed E-state index contributed by atoms with van der Waals surface area (Å²) in [5, 5.41) is 7.21. The molecule has 1 fully saturated rings. The van der Waals surface area contributed by atoms with Gasteiger partial charge in [-0.05, 0) is 31.5 Å². The monoisotopic (exact) mass is 239 g/mol. The molecule has 1 aliphatic rings. The van der Waals surface area contributed by atoms with Crippen LogP contribution < -0.4 is 0 Å². The van der Waals surface area contributed by atoms with E-state index in [9.17, 15) is 0 Å². The molecule has 1 saturated carbocycles. The first kappa shape index (κ1) is 11.8. The van der Waals surface area contributed by atoms with Crippen molar-refractivity contribution in [3.8, 4) is 0 Å². The molecule has 0 unspecified atom stereocenters. The molecule has 0 aliphatic heterocycles. The van der Waals surface area contributed by atoms with Crippen LogP contribution in [0.5, 0.6) is 0 Å². The largest absolute Gasteiger partial charge is 0.304 e. The average Bonchev–Trinajstić information content (AvgIpc) is 2.68. The van der Waals surface area contributed by atoms with Gasteiger partial charge in [0.1, 0.15) is 5.82 Å². The predicted octanol–water partition coefficient (Wildman–Crippen LogP) is 3.47. The summed E-state index contributed by atoms with van der Waals surface area (Å²) < 4.78 is 2.87. The molecule has 0 amide bonds. The summed E-state index contributed by atoms with van der Waals surface area (Å²) in [5.41, 5.74) is 0. The van der Waals surface area contributed by atoms with Crippen LogP contribution in [-0.4, -0.2) is 14.8 Å². The zero-order valence-electron chi connectivity index (χ0n) is 10.0. The number of hydrogen-bond acceptors (Lipinski definition) is 2. The van der Waals surface area contributed by atoms with Crippen molar-refractivity contribution < 1.29 is 0 Å². The van der Waals surface area contributed by atoms with Crippen LogP contribution in [0.2, 0.25) is 0 Å². The Morgan fingerprint density at radius 2 is 2.12 bits per heavy atom. The van der Waals surface area contributed by atoms with Crippen LogP contribution in [0.3, 0.4) is 0 Å². The first-order valence-electron chi connectivity index (χ1n) is 6.45. The Labute approximate surface area is 102 Å². The van der Waals surface area contributed by atoms with Crippen LogP contribution in [0.4, 0.5) is 0 Å². The Morgan fingerprint density at radius 3 is 2.81 bits per heavy atom. The number of H-pyrrole nitrogens is 1. The van der Waals surface area contributed by atoms with Gasteiger partial charge < -0.3 is 4.57 Å². The fourth-order valence-electron chi connectivity index (χ4n) is 2.68. The van der Waals surface area contributed by atoms with E-state index >= 15 is 0 Å². The van der Waals surface area contributed by atoms with Gasteiger partial charge in [-0.15, -0.1) is 0 Å². The molecular weight excluding hydrogens is 218 g/mol. The van der Waals surface area contributed by atoms with Crippen molar-refractivity contribution >= 4 is 12.2 Å². The van der Waals surface area contributed by atoms with Crippen molar-refractivity contribution in [3.05, 3.63) is 10.6 Å². The third kappa shape index (κ3) is 2.73. The first-order chi connectivity index (χ1) is 7.81. The van der Waals surface area contributed by atoms with E-state index in [0.29, 0.717) is 0 Å². The lowest BCUT2D eigenvalue weighted by Gasteiger charge is -2.21. The van der Waals surface area contributed by atoms with E-state index in [-0.39, 0.29) is 0 Å². The maximum Gasteiger partial charge on any atom is 0.195 e. The van der Waals surface area contributed by atoms with Gasteiger partial charge in [0.05, 0.1) is 0 Å². The number of nitrogens with zero attached hydrogens (tertiary/aromatic N) is 2. The minimum absolute atomic E-state index is 0.765. The number of nitrogens with one attached hydrogen (secondary N) is 1. The number of aromatic nitrogens is 3. The van der Waals surface area contributed by atoms with E-state index in [1.165, 1.54) is 38.5 Å². The van der Waals surface area contributed by atoms with Crippen molar-refractivity contribution in [1.29, 1.82) is 0 Å². The molecule has 3 nitrogen and oxygen atoms in total. The third-order valence-electron chi connectivity index (χ3n) is 3.65. The van der Waals surface area contributed by atoms with E-state index < -0.39 is 0 Å². The Morgan fingerprint density at radius 1 is 1.38 bits per heavy atom. The van der Waals surface area contributed by atoms with E-state index in [1.54, 1.807) is 0 Å². The van der Waals surface area contributed by atoms with E-state index in [2.05, 4.69) is 21.7 Å². The normalized spacial score (nSPS) is 17.8. The smallest absolute Gasteiger partial charge is 0.195 e. The number of rotatable bonds is 4. The molecule has 0 saturated heterocycles. The molecule has 0 aromatic carbocycles. The maximum absolute atomic E-state index is 5.19. The Bertz CT molecular complexity index is 374. The van der Waals surface area contributed by atoms with Crippen molar-refractivity contribution in [3.63, 3.8) is 0 Å². The third-order valence-corrected chi connectivity index (χ3v) is 3.97. The molecule has 1 aromatic heterocycles. The van der Waals surface area contributed by atoms with Gasteiger partial charge in [-0.3, -0.25) is 5.10 Å². The molecule has 1 N–H and O–H groups in total. The van der Waals surface area contributed by atoms with Crippen molar-refractivity contribution in [2.45, 2.75) is 58.4 Å². The highest BCUT2D eigenvalue weighted by Gasteiger charge is 2.14. The Hall–Kier alpha value is -0.640. The molecule has 0 bridgehead atoms. The zero-order valence-corrected chi connectivity index (χ0v) is 10.9. The minimum atomic E-state index is 0.765. The summed E-state index contributed by atoms with van der Waals surface area (Å²) in [5.74, 6) is 2.06. The summed E-state index contributed by atoms with van der Waals surface area (Å²) in [6.07, 6.45) is 9.46. The molecule has 1 heterocycles. The number of hydrogen-bond donors (Lipinski definition) is 1. The average molecular weight is 239 g/mol. The molecule has 1 aromatic rings. The van der Waals surface area contributed by atoms with Gasteiger partial charge in [0.2, 0.25) is 0 Å². The highest BCUT2D eigenvalue weighted by atomic mass is 32.1. The second kappa shape index (κ2) is 5.62. The van der Waals surface area contributed by atoms with E-state index in [4.69, 9.17) is 12.2 Å². The summed E-state index contributed by atoms with van der Waals surface area (Å²) in [6.45, 7) is 3.05. The van der Waals surface area contributed by atoms with Gasteiger partial charge in [-0.2, -0.15) is 5.10 Å². The molecule has 1 aliphatic carbocycles. The van der Waals surface area contributed by atoms with Crippen LogP contribution in [0.25, 0.3) is 0 Å². The van der Waals surface area contributed by atoms with Crippen molar-refractivity contribution in [2.75, 3.05) is 0 Å². The van der Waals surface area contributed by atoms with Gasteiger partial charge in [-0.1, -0.05) is 32.1 Å². The fraction of sp³-hybridized carbons (Fsp3) is 0.833. The molecule has 0 atom stereocenters. The molecule has 4 heteroatoms. The topological polar surface area (TPSA) is 33.6 Å². The highest BCUT2D eigenvalue weighted by molar-refractivity contribution is 7.71. The number of aromatic amines is 1. The van der Waals surface area contributed by atoms with Crippen LogP contribution >= 0.6 is 12.2 Å². The second-order valence-corrected chi connectivity index (χ2v) is 5.12. The quantitative estimate of drug-likeness (QED) is 0.816. The summed E-state index contributed by atoms with van der Waals surface area (Å²) in [4.78, 5) is 0. The maximum atomic E-state index is 5.19. The highest BCUT2D eigenvalue weighted by Crippen LogP contribution is 2.27. The Balaban J connectivity index is 1.90. The van der Waals surface area contributed by atoms with Gasteiger partial charge >= 0.3 is 0 Å². The first-order valence-corrected chi connectivity index (χ1v) is 6.86. The SMILES string of the molecule is CCn1c(CCC2CCCCC2)n[nH]c1=S. The lowest BCUT2D eigenvalue weighted by atomic mass is 9.86. The summed E-state index contributed by atoms with van der Waals surface area (Å²) in [6, 6.07) is 0. The van der Waals surface area contributed by atoms with Crippen LogP contribution in [0, 0.1) is 10.7 Å². The zero-order chi connectivity index (χ0) is 11.4. The molecule has 0 spiro atoms. The second-order valence-electron chi connectivity index (χ2n) is 4.73. The Kier molecular flexibility index (Phi) is 4.16. The molecule has 16 heavy (non-hydrogen) atoms. The molecule has 0 radical (unpaired) electrons. The van der Waals surface area contributed by atoms with E-state index in [1.807, 2.05) is 0 Å². The standard InChI is InChI=1S/C12H21N3S/c1-2-15-11(13-14-12(15)16)9-8-10-6-4-3-5-7-10/h10H,2-9H2,1H3,(H,14,16). The van der Waals surface area contributed by atoms with E-state index in [0.717, 1.165) is 29.5 Å². The number of aryl methyl sites for hydroxylation is 1. The fourth-order valence-corrected chi connectivity index (χ4v) is 2.96. The molecule has 2 rings (SSSR count). The van der Waals surface area contributed by atoms with Crippen LogP contribution in [0.1, 0.15) is 51.3 Å². The lowest BCUT2D eigenvalue weighted by molar-refractivity contribution is 0.336. The summed E-state index contributed by atoms with van der Waals surface area (Å²) in [7, 11) is 0. The van der Waals surface area contributed by atoms with Crippen LogP contribution in [0.15, 0.2) is 0 Å². The summed E-state index contributed by atoms with van der Waals surface area (Å²) >= 11 is 5.19. The van der Waals surface area contributed by atoms with Gasteiger partial charge in [0.25, 0.3) is 0 Å². The molecule has 90 valence electrons. The lowest BCUT2D eigenvalue weighted by Crippen LogP contribution is -2.10. The van der Waals surface area contributed by atoms with Gasteiger partial charge in [0, 0.05) is 13.0 Å². The predicted molar refractivity (Wildman–Crippen MR) is 68.0 cm³/mol. The molecular formula is C12H21N3S. The van der Waals surface area contributed by atoms with Gasteiger partial charge in [0.15, 0.2) is 4.77 Å².